The summed E-state index contributed by atoms with van der Waals surface area (Å²) in [5.74, 6) is 1.74. The first-order valence-corrected chi connectivity index (χ1v) is 10.1. The minimum absolute atomic E-state index is 0.0164. The predicted molar refractivity (Wildman–Crippen MR) is 119 cm³/mol. The lowest BCUT2D eigenvalue weighted by Gasteiger charge is -2.13. The molecular formula is C22H29N7O. The molecule has 2 heterocycles. The van der Waals surface area contributed by atoms with Crippen LogP contribution in [0.25, 0.3) is 5.65 Å². The van der Waals surface area contributed by atoms with Crippen molar-refractivity contribution in [2.45, 2.75) is 19.3 Å². The Labute approximate surface area is 177 Å². The maximum Gasteiger partial charge on any atom is 0.253 e. The molecule has 0 unspecified atom stereocenters. The molecule has 0 atom stereocenters. The van der Waals surface area contributed by atoms with Crippen LogP contribution in [0.1, 0.15) is 28.2 Å². The van der Waals surface area contributed by atoms with Crippen LogP contribution in [0.3, 0.4) is 0 Å². The van der Waals surface area contributed by atoms with Crippen molar-refractivity contribution in [3.05, 3.63) is 65.6 Å². The van der Waals surface area contributed by atoms with Crippen LogP contribution in [-0.2, 0) is 12.8 Å². The van der Waals surface area contributed by atoms with Gasteiger partial charge in [0.1, 0.15) is 5.82 Å². The average Bonchev–Trinajstić information content (AvgIpc) is 3.18. The van der Waals surface area contributed by atoms with Gasteiger partial charge in [0.2, 0.25) is 0 Å². The highest BCUT2D eigenvalue weighted by atomic mass is 16.2. The fourth-order valence-corrected chi connectivity index (χ4v) is 3.18. The molecule has 158 valence electrons. The summed E-state index contributed by atoms with van der Waals surface area (Å²) in [7, 11) is 5.28. The van der Waals surface area contributed by atoms with Crippen molar-refractivity contribution in [3.63, 3.8) is 0 Å². The first kappa shape index (κ1) is 21.3. The maximum absolute atomic E-state index is 12.1. The molecule has 0 radical (unpaired) electrons. The van der Waals surface area contributed by atoms with Gasteiger partial charge in [-0.2, -0.15) is 0 Å². The summed E-state index contributed by atoms with van der Waals surface area (Å²) < 4.78 is 2.02. The summed E-state index contributed by atoms with van der Waals surface area (Å²) in [6, 6.07) is 13.6. The number of aliphatic imine (C=N–C) groups is 1. The summed E-state index contributed by atoms with van der Waals surface area (Å²) in [5, 5.41) is 15.1. The lowest BCUT2D eigenvalue weighted by molar-refractivity contribution is 0.0827. The Morgan fingerprint density at radius 2 is 1.90 bits per heavy atom. The molecule has 0 saturated heterocycles. The zero-order chi connectivity index (χ0) is 21.3. The number of fused-ring (bicyclic) bond motifs is 1. The molecule has 0 bridgehead atoms. The summed E-state index contributed by atoms with van der Waals surface area (Å²) in [6.07, 6.45) is 4.55. The molecule has 0 aliphatic heterocycles. The van der Waals surface area contributed by atoms with Gasteiger partial charge in [0.15, 0.2) is 11.6 Å². The number of pyridine rings is 1. The molecule has 2 N–H and O–H groups in total. The van der Waals surface area contributed by atoms with E-state index in [0.29, 0.717) is 5.56 Å². The predicted octanol–water partition coefficient (Wildman–Crippen LogP) is 1.77. The lowest BCUT2D eigenvalue weighted by atomic mass is 10.1. The van der Waals surface area contributed by atoms with Crippen LogP contribution in [-0.4, -0.2) is 65.6 Å². The third-order valence-corrected chi connectivity index (χ3v) is 4.76. The van der Waals surface area contributed by atoms with Crippen LogP contribution in [0.4, 0.5) is 0 Å². The van der Waals surface area contributed by atoms with Crippen molar-refractivity contribution < 1.29 is 4.79 Å². The Hall–Kier alpha value is -3.42. The Morgan fingerprint density at radius 1 is 1.07 bits per heavy atom. The molecule has 3 aromatic rings. The van der Waals surface area contributed by atoms with Crippen LogP contribution in [0.2, 0.25) is 0 Å². The standard InChI is InChI=1S/C22H29N7O/c1-23-22(24-13-7-11-20-27-26-19-10-4-5-15-29(19)20)25-14-12-17-8-6-9-18(16-17)21(30)28(2)3/h4-6,8-10,15-16H,7,11-14H2,1-3H3,(H2,23,24,25). The highest BCUT2D eigenvalue weighted by Gasteiger charge is 2.08. The molecule has 1 aromatic carbocycles. The quantitative estimate of drug-likeness (QED) is 0.338. The highest BCUT2D eigenvalue weighted by Crippen LogP contribution is 2.08. The number of nitrogens with one attached hydrogen (secondary N) is 2. The van der Waals surface area contributed by atoms with Crippen LogP contribution in [0.15, 0.2) is 53.7 Å². The van der Waals surface area contributed by atoms with Gasteiger partial charge < -0.3 is 15.5 Å². The summed E-state index contributed by atoms with van der Waals surface area (Å²) in [6.45, 7) is 1.52. The van der Waals surface area contributed by atoms with E-state index in [4.69, 9.17) is 0 Å². The van der Waals surface area contributed by atoms with E-state index in [-0.39, 0.29) is 5.91 Å². The number of hydrogen-bond acceptors (Lipinski definition) is 4. The van der Waals surface area contributed by atoms with E-state index in [1.807, 2.05) is 53.1 Å². The van der Waals surface area contributed by atoms with Gasteiger partial charge in [-0.3, -0.25) is 14.2 Å². The number of nitrogens with zero attached hydrogens (tertiary/aromatic N) is 5. The van der Waals surface area contributed by atoms with E-state index >= 15 is 0 Å². The summed E-state index contributed by atoms with van der Waals surface area (Å²) >= 11 is 0. The van der Waals surface area contributed by atoms with Crippen molar-refractivity contribution in [1.29, 1.82) is 0 Å². The van der Waals surface area contributed by atoms with Crippen molar-refractivity contribution >= 4 is 17.5 Å². The third-order valence-electron chi connectivity index (χ3n) is 4.76. The second-order valence-electron chi connectivity index (χ2n) is 7.22. The van der Waals surface area contributed by atoms with Crippen LogP contribution in [0, 0.1) is 0 Å². The normalized spacial score (nSPS) is 11.5. The lowest BCUT2D eigenvalue weighted by Crippen LogP contribution is -2.38. The molecule has 30 heavy (non-hydrogen) atoms. The molecule has 0 spiro atoms. The van der Waals surface area contributed by atoms with Gasteiger partial charge in [0, 0.05) is 52.4 Å². The van der Waals surface area contributed by atoms with Crippen molar-refractivity contribution in [2.75, 3.05) is 34.2 Å². The Balaban J connectivity index is 1.41. The van der Waals surface area contributed by atoms with E-state index in [0.717, 1.165) is 55.3 Å². The molecule has 2 aromatic heterocycles. The molecule has 0 aliphatic rings. The van der Waals surface area contributed by atoms with E-state index in [9.17, 15) is 4.79 Å². The second-order valence-corrected chi connectivity index (χ2v) is 7.22. The number of aromatic nitrogens is 3. The van der Waals surface area contributed by atoms with E-state index in [2.05, 4.69) is 25.8 Å². The number of aryl methyl sites for hydroxylation is 1. The largest absolute Gasteiger partial charge is 0.356 e. The molecule has 1 amide bonds. The maximum atomic E-state index is 12.1. The topological polar surface area (TPSA) is 86.9 Å². The number of carbonyl (C=O) groups is 1. The van der Waals surface area contributed by atoms with Gasteiger partial charge in [-0.05, 0) is 42.7 Å². The average molecular weight is 408 g/mol. The third kappa shape index (κ3) is 5.56. The number of guanidine groups is 1. The molecular weight excluding hydrogens is 378 g/mol. The summed E-state index contributed by atoms with van der Waals surface area (Å²) in [4.78, 5) is 18.0. The minimum atomic E-state index is 0.0164. The monoisotopic (exact) mass is 407 g/mol. The zero-order valence-electron chi connectivity index (χ0n) is 17.8. The first-order valence-electron chi connectivity index (χ1n) is 10.1. The molecule has 0 aliphatic carbocycles. The molecule has 8 heteroatoms. The van der Waals surface area contributed by atoms with E-state index in [1.165, 1.54) is 0 Å². The first-order chi connectivity index (χ1) is 14.6. The van der Waals surface area contributed by atoms with Crippen LogP contribution < -0.4 is 10.6 Å². The van der Waals surface area contributed by atoms with Gasteiger partial charge in [0.05, 0.1) is 0 Å². The zero-order valence-corrected chi connectivity index (χ0v) is 17.8. The van der Waals surface area contributed by atoms with Crippen LogP contribution in [0.5, 0.6) is 0 Å². The fourth-order valence-electron chi connectivity index (χ4n) is 3.18. The van der Waals surface area contributed by atoms with E-state index in [1.54, 1.807) is 26.0 Å². The Kier molecular flexibility index (Phi) is 7.37. The Bertz CT molecular complexity index is 1010. The van der Waals surface area contributed by atoms with Crippen molar-refractivity contribution in [1.82, 2.24) is 30.1 Å². The smallest absolute Gasteiger partial charge is 0.253 e. The minimum Gasteiger partial charge on any atom is -0.356 e. The number of benzene rings is 1. The second kappa shape index (κ2) is 10.4. The summed E-state index contributed by atoms with van der Waals surface area (Å²) in [5.41, 5.74) is 2.69. The van der Waals surface area contributed by atoms with Gasteiger partial charge in [-0.1, -0.05) is 18.2 Å². The molecule has 3 rings (SSSR count). The van der Waals surface area contributed by atoms with Crippen LogP contribution >= 0.6 is 0 Å². The van der Waals surface area contributed by atoms with E-state index < -0.39 is 0 Å². The van der Waals surface area contributed by atoms with Gasteiger partial charge in [0.25, 0.3) is 5.91 Å². The van der Waals surface area contributed by atoms with Crippen molar-refractivity contribution in [3.8, 4) is 0 Å². The van der Waals surface area contributed by atoms with Crippen molar-refractivity contribution in [2.24, 2.45) is 4.99 Å². The van der Waals surface area contributed by atoms with Gasteiger partial charge >= 0.3 is 0 Å². The number of hydrogen-bond donors (Lipinski definition) is 2. The molecule has 0 fully saturated rings. The molecule has 0 saturated carbocycles. The molecule has 8 nitrogen and oxygen atoms in total. The van der Waals surface area contributed by atoms with Gasteiger partial charge in [-0.15, -0.1) is 10.2 Å². The Morgan fingerprint density at radius 3 is 2.70 bits per heavy atom. The number of rotatable bonds is 8. The SMILES string of the molecule is CN=C(NCCCc1nnc2ccccn12)NCCc1cccc(C(=O)N(C)C)c1. The van der Waals surface area contributed by atoms with Gasteiger partial charge in [-0.25, -0.2) is 0 Å². The fraction of sp³-hybridized carbons (Fsp3) is 0.364. The number of carbonyl (C=O) groups excluding carboxylic acids is 1. The highest BCUT2D eigenvalue weighted by molar-refractivity contribution is 5.94. The number of amides is 1.